The number of aliphatic carboxylic acids is 1. The molecule has 0 fully saturated rings. The Kier molecular flexibility index (Phi) is 19.5. The monoisotopic (exact) mass is 436 g/mol. The van der Waals surface area contributed by atoms with Gasteiger partial charge in [-0.1, -0.05) is 6.92 Å². The standard InChI is InChI=1S/C24H44O3.Fe/c1-3-5-7-9-11-13-15-17-19-21-23(25)22(24(26)27)20-18-16-14-12-10-8-6-4-2;/h22H,3-20H2,1-2H3,(H,26,27);. The molecule has 0 aliphatic rings. The molecule has 28 heavy (non-hydrogen) atoms. The minimum absolute atomic E-state index is 0.238. The van der Waals surface area contributed by atoms with Crippen molar-refractivity contribution in [1.82, 2.24) is 0 Å². The number of Topliss-reactive ketones (excluding diaryl/α,β-unsaturated/α-hetero) is 1. The molecular formula is C24H44FeO3. The Morgan fingerprint density at radius 3 is 1.50 bits per heavy atom. The normalized spacial score (nSPS) is 12.1. The van der Waals surface area contributed by atoms with Crippen LogP contribution >= 0.6 is 0 Å². The van der Waals surface area contributed by atoms with Crippen molar-refractivity contribution in [3.63, 3.8) is 0 Å². The van der Waals surface area contributed by atoms with E-state index in [1.807, 2.05) is 0 Å². The molecular weight excluding hydrogens is 392 g/mol. The molecule has 0 aliphatic carbocycles. The Hall–Kier alpha value is -0.471. The average molecular weight is 436 g/mol. The Morgan fingerprint density at radius 2 is 1.07 bits per heavy atom. The summed E-state index contributed by atoms with van der Waals surface area (Å²) in [4.78, 5) is 24.0. The number of rotatable bonds is 21. The third kappa shape index (κ3) is 15.5. The molecule has 166 valence electrons. The molecule has 1 N–H and O–H groups in total. The molecule has 0 amide bonds. The van der Waals surface area contributed by atoms with E-state index >= 15 is 0 Å². The van der Waals surface area contributed by atoms with E-state index in [9.17, 15) is 14.7 Å². The summed E-state index contributed by atoms with van der Waals surface area (Å²) >= 11 is 3.89. The van der Waals surface area contributed by atoms with Crippen molar-refractivity contribution in [3.05, 3.63) is 0 Å². The van der Waals surface area contributed by atoms with E-state index < -0.39 is 11.9 Å². The van der Waals surface area contributed by atoms with E-state index in [1.165, 1.54) is 70.6 Å². The van der Waals surface area contributed by atoms with Gasteiger partial charge in [-0.3, -0.25) is 0 Å². The molecule has 0 radical (unpaired) electrons. The fourth-order valence-electron chi connectivity index (χ4n) is 3.57. The predicted molar refractivity (Wildman–Crippen MR) is 116 cm³/mol. The summed E-state index contributed by atoms with van der Waals surface area (Å²) in [5.41, 5.74) is 0. The Morgan fingerprint density at radius 1 is 0.679 bits per heavy atom. The van der Waals surface area contributed by atoms with Crippen LogP contribution in [0.15, 0.2) is 0 Å². The Balaban J connectivity index is 3.92. The molecule has 0 spiro atoms. The van der Waals surface area contributed by atoms with Gasteiger partial charge in [-0.05, 0) is 0 Å². The number of hydrogen-bond donors (Lipinski definition) is 1. The number of carbonyl (C=O) groups excluding carboxylic acids is 1. The minimum atomic E-state index is -0.981. The van der Waals surface area contributed by atoms with Crippen LogP contribution in [-0.2, 0) is 25.2 Å². The molecule has 0 heterocycles. The quantitative estimate of drug-likeness (QED) is 0.119. The number of carbonyl (C=O) groups is 2. The Labute approximate surface area is 181 Å². The summed E-state index contributed by atoms with van der Waals surface area (Å²) in [6.45, 7) is 4.44. The van der Waals surface area contributed by atoms with Crippen molar-refractivity contribution < 1.29 is 30.3 Å². The molecule has 0 aromatic carbocycles. The van der Waals surface area contributed by atoms with Crippen molar-refractivity contribution in [2.75, 3.05) is 0 Å². The van der Waals surface area contributed by atoms with E-state index in [4.69, 9.17) is 0 Å². The van der Waals surface area contributed by atoms with Crippen LogP contribution < -0.4 is 0 Å². The summed E-state index contributed by atoms with van der Waals surface area (Å²) in [6, 6.07) is 0. The van der Waals surface area contributed by atoms with Gasteiger partial charge in [0.15, 0.2) is 0 Å². The third-order valence-corrected chi connectivity index (χ3v) is 6.01. The van der Waals surface area contributed by atoms with Gasteiger partial charge in [0, 0.05) is 0 Å². The molecule has 0 saturated heterocycles. The summed E-state index contributed by atoms with van der Waals surface area (Å²) in [5, 5.41) is 9.44. The van der Waals surface area contributed by atoms with Crippen LogP contribution in [0, 0.1) is 5.92 Å². The average Bonchev–Trinajstić information content (AvgIpc) is 2.68. The first-order chi connectivity index (χ1) is 13.5. The third-order valence-electron chi connectivity index (χ3n) is 5.47. The van der Waals surface area contributed by atoms with Crippen molar-refractivity contribution in [3.8, 4) is 0 Å². The van der Waals surface area contributed by atoms with Gasteiger partial charge < -0.3 is 0 Å². The maximum absolute atomic E-state index is 12.5. The summed E-state index contributed by atoms with van der Waals surface area (Å²) in [5.74, 6) is -2.11. The molecule has 0 aromatic rings. The van der Waals surface area contributed by atoms with Crippen molar-refractivity contribution in [2.24, 2.45) is 5.92 Å². The van der Waals surface area contributed by atoms with Crippen LogP contribution in [0.5, 0.6) is 0 Å². The van der Waals surface area contributed by atoms with Gasteiger partial charge in [0.1, 0.15) is 0 Å². The number of carboxylic acid groups (broad SMARTS) is 1. The first kappa shape index (κ1) is 27.5. The molecule has 0 bridgehead atoms. The van der Waals surface area contributed by atoms with Crippen LogP contribution in [0.2, 0.25) is 0 Å². The summed E-state index contributed by atoms with van der Waals surface area (Å²) in [7, 11) is 0. The van der Waals surface area contributed by atoms with Gasteiger partial charge in [-0.2, -0.15) is 0 Å². The van der Waals surface area contributed by atoms with E-state index in [-0.39, 0.29) is 5.78 Å². The van der Waals surface area contributed by atoms with Crippen LogP contribution in [0.4, 0.5) is 0 Å². The van der Waals surface area contributed by atoms with Gasteiger partial charge in [-0.25, -0.2) is 0 Å². The Bertz CT molecular complexity index is 420. The number of hydrogen-bond acceptors (Lipinski definition) is 2. The first-order valence-electron chi connectivity index (χ1n) is 11.8. The second-order valence-electron chi connectivity index (χ2n) is 8.13. The zero-order valence-electron chi connectivity index (χ0n) is 18.4. The molecule has 4 heteroatoms. The van der Waals surface area contributed by atoms with Crippen LogP contribution in [0.1, 0.15) is 129 Å². The molecule has 3 nitrogen and oxygen atoms in total. The number of unbranched alkanes of at least 4 members (excludes halogenated alkanes) is 14. The van der Waals surface area contributed by atoms with E-state index in [2.05, 4.69) is 29.4 Å². The van der Waals surface area contributed by atoms with Crippen LogP contribution in [0.25, 0.3) is 0 Å². The van der Waals surface area contributed by atoms with Gasteiger partial charge >= 0.3 is 175 Å². The fourth-order valence-corrected chi connectivity index (χ4v) is 3.95. The van der Waals surface area contributed by atoms with Gasteiger partial charge in [0.2, 0.25) is 0 Å². The number of carboxylic acids is 1. The number of ketones is 1. The van der Waals surface area contributed by atoms with Gasteiger partial charge in [0.05, 0.1) is 0 Å². The van der Waals surface area contributed by atoms with E-state index in [0.717, 1.165) is 32.1 Å². The topological polar surface area (TPSA) is 54.4 Å². The fraction of sp³-hybridized carbons (Fsp3) is 0.875. The zero-order chi connectivity index (χ0) is 21.0. The molecule has 1 unspecified atom stereocenters. The van der Waals surface area contributed by atoms with Crippen LogP contribution in [0.3, 0.4) is 0 Å². The second-order valence-corrected chi connectivity index (χ2v) is 8.80. The second kappa shape index (κ2) is 19.8. The molecule has 0 rings (SSSR count). The van der Waals surface area contributed by atoms with Crippen LogP contribution in [-0.4, -0.2) is 21.3 Å². The zero-order valence-corrected chi connectivity index (χ0v) is 19.5. The van der Waals surface area contributed by atoms with Gasteiger partial charge in [-0.15, -0.1) is 0 Å². The molecule has 0 aliphatic heterocycles. The van der Waals surface area contributed by atoms with E-state index in [0.29, 0.717) is 17.3 Å². The van der Waals surface area contributed by atoms with Crippen molar-refractivity contribution in [2.45, 2.75) is 129 Å². The summed E-state index contributed by atoms with van der Waals surface area (Å²) in [6.07, 6.45) is 20.2. The molecule has 1 atom stereocenters. The first-order valence-corrected chi connectivity index (χ1v) is 12.4. The summed E-state index contributed by atoms with van der Waals surface area (Å²) < 4.78 is 0.512. The van der Waals surface area contributed by atoms with Crippen molar-refractivity contribution >= 4 is 16.2 Å². The molecule has 0 saturated carbocycles. The SMILES string of the molecule is CCCCCCCCCC[C](=[Fe])C(=O)C(CCCCCCCCCC)C(=O)O. The van der Waals surface area contributed by atoms with Gasteiger partial charge in [0.25, 0.3) is 0 Å². The maximum atomic E-state index is 12.5. The molecule has 0 aromatic heterocycles. The van der Waals surface area contributed by atoms with E-state index in [1.54, 1.807) is 0 Å². The van der Waals surface area contributed by atoms with Crippen molar-refractivity contribution in [1.29, 1.82) is 0 Å². The predicted octanol–water partition coefficient (Wildman–Crippen LogP) is 7.04.